The van der Waals surface area contributed by atoms with Crippen molar-refractivity contribution in [3.05, 3.63) is 47.2 Å². The predicted molar refractivity (Wildman–Crippen MR) is 110 cm³/mol. The molecule has 138 valence electrons. The van der Waals surface area contributed by atoms with E-state index in [-0.39, 0.29) is 10.9 Å². The lowest BCUT2D eigenvalue weighted by atomic mass is 9.94. The molecule has 1 amide bonds. The Morgan fingerprint density at radius 1 is 1.23 bits per heavy atom. The second-order valence-electron chi connectivity index (χ2n) is 8.40. The van der Waals surface area contributed by atoms with Crippen LogP contribution in [0, 0.1) is 0 Å². The van der Waals surface area contributed by atoms with Gasteiger partial charge in [0.25, 0.3) is 0 Å². The SMILES string of the molecule is CC(C)(C)[Si](C)(C)OCCC1=C2NC(=O)CC=C2c2ccccc2N=C1. The molecule has 0 spiro atoms. The second kappa shape index (κ2) is 6.97. The number of fused-ring (bicyclic) bond motifs is 3. The third-order valence-electron chi connectivity index (χ3n) is 5.54. The molecule has 26 heavy (non-hydrogen) atoms. The molecule has 0 bridgehead atoms. The first kappa shape index (κ1) is 18.8. The van der Waals surface area contributed by atoms with Crippen molar-refractivity contribution in [1.29, 1.82) is 0 Å². The molecule has 2 heterocycles. The summed E-state index contributed by atoms with van der Waals surface area (Å²) in [6, 6.07) is 8.07. The number of rotatable bonds is 4. The predicted octanol–water partition coefficient (Wildman–Crippen LogP) is 4.97. The van der Waals surface area contributed by atoms with E-state index in [2.05, 4.69) is 50.2 Å². The molecule has 2 aliphatic heterocycles. The Kier molecular flexibility index (Phi) is 5.04. The first-order valence-corrected chi connectivity index (χ1v) is 12.1. The molecule has 4 nitrogen and oxygen atoms in total. The average molecular weight is 369 g/mol. The van der Waals surface area contributed by atoms with Crippen LogP contribution in [-0.4, -0.2) is 27.0 Å². The topological polar surface area (TPSA) is 50.7 Å². The van der Waals surface area contributed by atoms with E-state index in [1.165, 1.54) is 0 Å². The van der Waals surface area contributed by atoms with Crippen molar-refractivity contribution in [3.63, 3.8) is 0 Å². The van der Waals surface area contributed by atoms with Crippen molar-refractivity contribution in [1.82, 2.24) is 5.32 Å². The number of benzene rings is 1. The largest absolute Gasteiger partial charge is 0.416 e. The molecule has 5 heteroatoms. The Bertz CT molecular complexity index is 814. The molecule has 1 N–H and O–H groups in total. The number of hydrogen-bond donors (Lipinski definition) is 1. The van der Waals surface area contributed by atoms with Crippen LogP contribution in [0.15, 0.2) is 46.6 Å². The molecular weight excluding hydrogens is 340 g/mol. The van der Waals surface area contributed by atoms with Crippen LogP contribution in [0.1, 0.15) is 39.2 Å². The van der Waals surface area contributed by atoms with E-state index in [1.807, 2.05) is 30.5 Å². The van der Waals surface area contributed by atoms with Crippen molar-refractivity contribution >= 4 is 31.7 Å². The highest BCUT2D eigenvalue weighted by Gasteiger charge is 2.37. The summed E-state index contributed by atoms with van der Waals surface area (Å²) < 4.78 is 6.33. The van der Waals surface area contributed by atoms with Crippen molar-refractivity contribution in [2.75, 3.05) is 6.61 Å². The van der Waals surface area contributed by atoms with Crippen LogP contribution in [0.25, 0.3) is 5.57 Å². The number of amides is 1. The minimum Gasteiger partial charge on any atom is -0.416 e. The van der Waals surface area contributed by atoms with E-state index in [9.17, 15) is 4.79 Å². The van der Waals surface area contributed by atoms with Crippen molar-refractivity contribution in [3.8, 4) is 0 Å². The van der Waals surface area contributed by atoms with E-state index in [0.717, 1.165) is 34.5 Å². The molecule has 0 aliphatic carbocycles. The Labute approximate surface area is 157 Å². The summed E-state index contributed by atoms with van der Waals surface area (Å²) in [5.41, 5.74) is 4.99. The third kappa shape index (κ3) is 3.74. The summed E-state index contributed by atoms with van der Waals surface area (Å²) in [7, 11) is -1.79. The van der Waals surface area contributed by atoms with Crippen LogP contribution in [0.3, 0.4) is 0 Å². The van der Waals surface area contributed by atoms with Crippen LogP contribution < -0.4 is 5.32 Å². The van der Waals surface area contributed by atoms with Gasteiger partial charge in [-0.15, -0.1) is 0 Å². The van der Waals surface area contributed by atoms with E-state index in [1.54, 1.807) is 0 Å². The molecule has 0 aromatic heterocycles. The fourth-order valence-electron chi connectivity index (χ4n) is 2.90. The van der Waals surface area contributed by atoms with Gasteiger partial charge in [0.15, 0.2) is 8.32 Å². The van der Waals surface area contributed by atoms with Crippen molar-refractivity contribution in [2.24, 2.45) is 4.99 Å². The maximum absolute atomic E-state index is 12.0. The summed E-state index contributed by atoms with van der Waals surface area (Å²) in [6.45, 7) is 11.9. The number of carbonyl (C=O) groups excluding carboxylic acids is 1. The lowest BCUT2D eigenvalue weighted by Crippen LogP contribution is -2.41. The van der Waals surface area contributed by atoms with Gasteiger partial charge >= 0.3 is 0 Å². The molecule has 0 fully saturated rings. The number of carbonyl (C=O) groups is 1. The van der Waals surface area contributed by atoms with Crippen LogP contribution in [0.5, 0.6) is 0 Å². The van der Waals surface area contributed by atoms with Gasteiger partial charge in [-0.25, -0.2) is 0 Å². The standard InChI is InChI=1S/C21H28N2O2Si/c1-21(2,3)26(4,5)25-13-12-15-14-22-18-9-7-6-8-16(18)17-10-11-19(24)23-20(15)17/h6-10,14H,11-13H2,1-5H3,(H,23,24). The average Bonchev–Trinajstić information content (AvgIpc) is 2.71. The van der Waals surface area contributed by atoms with Gasteiger partial charge < -0.3 is 9.74 Å². The van der Waals surface area contributed by atoms with Gasteiger partial charge in [-0.05, 0) is 36.2 Å². The van der Waals surface area contributed by atoms with Crippen LogP contribution in [-0.2, 0) is 9.22 Å². The van der Waals surface area contributed by atoms with Crippen LogP contribution >= 0.6 is 0 Å². The molecule has 0 saturated carbocycles. The molecule has 0 saturated heterocycles. The van der Waals surface area contributed by atoms with Crippen LogP contribution in [0.4, 0.5) is 5.69 Å². The zero-order valence-corrected chi connectivity index (χ0v) is 17.3. The third-order valence-corrected chi connectivity index (χ3v) is 10.1. The normalized spacial score (nSPS) is 17.3. The van der Waals surface area contributed by atoms with Gasteiger partial charge in [0.1, 0.15) is 0 Å². The first-order chi connectivity index (χ1) is 12.2. The van der Waals surface area contributed by atoms with E-state index in [4.69, 9.17) is 4.43 Å². The van der Waals surface area contributed by atoms with Crippen molar-refractivity contribution in [2.45, 2.75) is 51.7 Å². The van der Waals surface area contributed by atoms with Crippen molar-refractivity contribution < 1.29 is 9.22 Å². The minimum absolute atomic E-state index is 0.0272. The fraction of sp³-hybridized carbons (Fsp3) is 0.429. The molecule has 1 aromatic rings. The summed E-state index contributed by atoms with van der Waals surface area (Å²) in [4.78, 5) is 16.7. The van der Waals surface area contributed by atoms with E-state index >= 15 is 0 Å². The van der Waals surface area contributed by atoms with E-state index < -0.39 is 8.32 Å². The van der Waals surface area contributed by atoms with Gasteiger partial charge in [0.05, 0.1) is 11.4 Å². The zero-order chi connectivity index (χ0) is 18.9. The Morgan fingerprint density at radius 3 is 2.69 bits per heavy atom. The molecule has 1 aromatic carbocycles. The molecular formula is C21H28N2O2Si. The number of nitrogens with zero attached hydrogens (tertiary/aromatic N) is 1. The Morgan fingerprint density at radius 2 is 1.96 bits per heavy atom. The van der Waals surface area contributed by atoms with Gasteiger partial charge in [0, 0.05) is 30.4 Å². The highest BCUT2D eigenvalue weighted by molar-refractivity contribution is 6.74. The van der Waals surface area contributed by atoms with Gasteiger partial charge in [-0.2, -0.15) is 0 Å². The molecule has 3 rings (SSSR count). The van der Waals surface area contributed by atoms with Gasteiger partial charge in [0.2, 0.25) is 5.91 Å². The number of aliphatic imine (C=N–C) groups is 1. The first-order valence-electron chi connectivity index (χ1n) is 9.20. The zero-order valence-electron chi connectivity index (χ0n) is 16.3. The number of hydrogen-bond acceptors (Lipinski definition) is 3. The lowest BCUT2D eigenvalue weighted by Gasteiger charge is -2.36. The smallest absolute Gasteiger partial charge is 0.228 e. The second-order valence-corrected chi connectivity index (χ2v) is 13.2. The summed E-state index contributed by atoms with van der Waals surface area (Å²) in [5, 5.41) is 3.25. The number of nitrogens with one attached hydrogen (secondary N) is 1. The Balaban J connectivity index is 1.87. The molecule has 0 radical (unpaired) electrons. The Hall–Kier alpha value is -1.98. The molecule has 0 atom stereocenters. The maximum atomic E-state index is 12.0. The lowest BCUT2D eigenvalue weighted by molar-refractivity contribution is -0.119. The van der Waals surface area contributed by atoms with E-state index in [0.29, 0.717) is 13.0 Å². The summed E-state index contributed by atoms with van der Waals surface area (Å²) >= 11 is 0. The summed E-state index contributed by atoms with van der Waals surface area (Å²) in [5.74, 6) is 0.0272. The monoisotopic (exact) mass is 368 g/mol. The van der Waals surface area contributed by atoms with Gasteiger partial charge in [-0.1, -0.05) is 45.0 Å². The number of para-hydroxylation sites is 1. The maximum Gasteiger partial charge on any atom is 0.228 e. The fourth-order valence-corrected chi connectivity index (χ4v) is 3.95. The minimum atomic E-state index is -1.79. The van der Waals surface area contributed by atoms with Crippen LogP contribution in [0.2, 0.25) is 18.1 Å². The highest BCUT2D eigenvalue weighted by atomic mass is 28.4. The quantitative estimate of drug-likeness (QED) is 0.763. The van der Waals surface area contributed by atoms with Gasteiger partial charge in [-0.3, -0.25) is 9.79 Å². The molecule has 2 aliphatic rings. The summed E-state index contributed by atoms with van der Waals surface area (Å²) in [6.07, 6.45) is 5.03. The molecule has 0 unspecified atom stereocenters. The number of allylic oxidation sites excluding steroid dienone is 1. The highest BCUT2D eigenvalue weighted by Crippen LogP contribution is 2.38.